The minimum Gasteiger partial charge on any atom is -0.354 e. The average molecular weight is 779 g/mol. The van der Waals surface area contributed by atoms with Gasteiger partial charge in [0.05, 0.1) is 10.6 Å². The van der Waals surface area contributed by atoms with E-state index in [-0.39, 0.29) is 23.8 Å². The predicted octanol–water partition coefficient (Wildman–Crippen LogP) is 7.35. The number of hydrogen-bond acceptors (Lipinski definition) is 4. The van der Waals surface area contributed by atoms with Crippen molar-refractivity contribution in [2.24, 2.45) is 0 Å². The number of unbranched alkanes of at least 4 members (excludes halogenated alkanes) is 1. The molecule has 1 N–H and O–H groups in total. The van der Waals surface area contributed by atoms with E-state index in [1.165, 1.54) is 17.0 Å². The Morgan fingerprint density at radius 1 is 0.889 bits per heavy atom. The summed E-state index contributed by atoms with van der Waals surface area (Å²) in [4.78, 5) is 29.8. The van der Waals surface area contributed by atoms with Crippen molar-refractivity contribution in [3.63, 3.8) is 0 Å². The van der Waals surface area contributed by atoms with E-state index in [1.54, 1.807) is 60.7 Å². The first-order valence-electron chi connectivity index (χ1n) is 14.5. The normalized spacial score (nSPS) is 11.9. The molecule has 1 unspecified atom stereocenters. The molecule has 4 rings (SSSR count). The molecule has 0 bridgehead atoms. The second-order valence-electron chi connectivity index (χ2n) is 10.4. The van der Waals surface area contributed by atoms with Gasteiger partial charge in [-0.1, -0.05) is 91.1 Å². The summed E-state index contributed by atoms with van der Waals surface area (Å²) >= 11 is 14.9. The van der Waals surface area contributed by atoms with Gasteiger partial charge in [-0.2, -0.15) is 0 Å². The topological polar surface area (TPSA) is 86.8 Å². The van der Waals surface area contributed by atoms with Crippen LogP contribution in [0.2, 0.25) is 10.0 Å². The number of nitrogens with one attached hydrogen (secondary N) is 1. The Hall–Kier alpha value is -3.12. The highest BCUT2D eigenvalue weighted by Crippen LogP contribution is 2.27. The fourth-order valence-electron chi connectivity index (χ4n) is 4.75. The van der Waals surface area contributed by atoms with Crippen LogP contribution in [0, 0.1) is 3.57 Å². The first kappa shape index (κ1) is 34.7. The molecule has 2 amide bonds. The van der Waals surface area contributed by atoms with Crippen LogP contribution in [0.15, 0.2) is 108 Å². The lowest BCUT2D eigenvalue weighted by molar-refractivity contribution is -0.140. The first-order valence-corrected chi connectivity index (χ1v) is 17.8. The predicted molar refractivity (Wildman–Crippen MR) is 189 cm³/mol. The second-order valence-corrected chi connectivity index (χ2v) is 14.4. The van der Waals surface area contributed by atoms with Crippen LogP contribution in [0.5, 0.6) is 0 Å². The number of benzene rings is 4. The third kappa shape index (κ3) is 9.45. The third-order valence-electron chi connectivity index (χ3n) is 7.18. The molecule has 7 nitrogen and oxygen atoms in total. The van der Waals surface area contributed by atoms with Crippen molar-refractivity contribution >= 4 is 73.3 Å². The minimum atomic E-state index is -4.17. The molecule has 45 heavy (non-hydrogen) atoms. The summed E-state index contributed by atoms with van der Waals surface area (Å²) in [6.45, 7) is 1.88. The van der Waals surface area contributed by atoms with Crippen molar-refractivity contribution in [2.45, 2.75) is 43.7 Å². The molecule has 0 aromatic heterocycles. The lowest BCUT2D eigenvalue weighted by atomic mass is 10.0. The summed E-state index contributed by atoms with van der Waals surface area (Å²) in [6.07, 6.45) is 1.87. The van der Waals surface area contributed by atoms with Crippen LogP contribution in [-0.4, -0.2) is 44.3 Å². The van der Waals surface area contributed by atoms with Crippen molar-refractivity contribution in [3.05, 3.63) is 128 Å². The maximum atomic E-state index is 14.5. The zero-order valence-electron chi connectivity index (χ0n) is 24.7. The molecule has 4 aromatic rings. The van der Waals surface area contributed by atoms with Gasteiger partial charge >= 0.3 is 0 Å². The smallest absolute Gasteiger partial charge is 0.264 e. The highest BCUT2D eigenvalue weighted by Gasteiger charge is 2.34. The Labute approximate surface area is 288 Å². The quantitative estimate of drug-likeness (QED) is 0.107. The van der Waals surface area contributed by atoms with E-state index in [0.717, 1.165) is 26.3 Å². The molecule has 0 heterocycles. The molecule has 11 heteroatoms. The molecule has 0 spiro atoms. The maximum Gasteiger partial charge on any atom is 0.264 e. The summed E-state index contributed by atoms with van der Waals surface area (Å²) in [5, 5.41) is 3.74. The molecular weight excluding hydrogens is 744 g/mol. The second kappa shape index (κ2) is 16.4. The summed E-state index contributed by atoms with van der Waals surface area (Å²) in [7, 11) is -4.17. The lowest BCUT2D eigenvalue weighted by Gasteiger charge is -2.34. The van der Waals surface area contributed by atoms with Gasteiger partial charge in [-0.3, -0.25) is 13.9 Å². The molecule has 236 valence electrons. The summed E-state index contributed by atoms with van der Waals surface area (Å²) in [6, 6.07) is 28.2. The van der Waals surface area contributed by atoms with Gasteiger partial charge in [-0.15, -0.1) is 0 Å². The minimum absolute atomic E-state index is 0.0422. The van der Waals surface area contributed by atoms with Crippen molar-refractivity contribution in [1.29, 1.82) is 0 Å². The van der Waals surface area contributed by atoms with Gasteiger partial charge in [-0.25, -0.2) is 8.42 Å². The van der Waals surface area contributed by atoms with Gasteiger partial charge in [0.25, 0.3) is 10.0 Å². The molecule has 0 saturated carbocycles. The van der Waals surface area contributed by atoms with Crippen molar-refractivity contribution < 1.29 is 18.0 Å². The molecule has 0 saturated heterocycles. The number of anilines is 1. The zero-order valence-corrected chi connectivity index (χ0v) is 29.2. The van der Waals surface area contributed by atoms with E-state index >= 15 is 0 Å². The number of hydrogen-bond donors (Lipinski definition) is 1. The fraction of sp³-hybridized carbons (Fsp3) is 0.235. The van der Waals surface area contributed by atoms with Gasteiger partial charge in [0.2, 0.25) is 11.8 Å². The van der Waals surface area contributed by atoms with Gasteiger partial charge in [-0.05, 0) is 88.7 Å². The molecule has 0 fully saturated rings. The van der Waals surface area contributed by atoms with E-state index < -0.39 is 28.5 Å². The lowest BCUT2D eigenvalue weighted by Crippen LogP contribution is -2.53. The molecule has 1 atom stereocenters. The Morgan fingerprint density at radius 2 is 1.53 bits per heavy atom. The van der Waals surface area contributed by atoms with E-state index in [9.17, 15) is 18.0 Å². The van der Waals surface area contributed by atoms with E-state index in [0.29, 0.717) is 27.8 Å². The van der Waals surface area contributed by atoms with Crippen LogP contribution in [-0.2, 0) is 32.6 Å². The standard InChI is InChI=1S/C34H34Cl2IN3O4S/c1-2-3-20-38-34(42)32(21-25-10-6-4-7-11-25)39(23-26-14-15-27(35)22-31(26)36)33(41)24-40(29-18-16-28(37)17-19-29)45(43,44)30-12-8-5-9-13-30/h4-19,22,32H,2-3,20-21,23-24H2,1H3,(H,38,42). The fourth-order valence-corrected chi connectivity index (χ4v) is 7.01. The third-order valence-corrected chi connectivity index (χ3v) is 10.3. The Balaban J connectivity index is 1.80. The number of rotatable bonds is 14. The summed E-state index contributed by atoms with van der Waals surface area (Å²) in [5.74, 6) is -0.900. The molecular formula is C34H34Cl2IN3O4S. The van der Waals surface area contributed by atoms with Crippen LogP contribution >= 0.6 is 45.8 Å². The van der Waals surface area contributed by atoms with Crippen LogP contribution in [0.4, 0.5) is 5.69 Å². The molecule has 4 aromatic carbocycles. The number of sulfonamides is 1. The average Bonchev–Trinajstić information content (AvgIpc) is 3.03. The largest absolute Gasteiger partial charge is 0.354 e. The zero-order chi connectivity index (χ0) is 32.4. The van der Waals surface area contributed by atoms with Crippen LogP contribution in [0.25, 0.3) is 0 Å². The Kier molecular flexibility index (Phi) is 12.7. The SMILES string of the molecule is CCCCNC(=O)C(Cc1ccccc1)N(Cc1ccc(Cl)cc1Cl)C(=O)CN(c1ccc(I)cc1)S(=O)(=O)c1ccccc1. The van der Waals surface area contributed by atoms with Gasteiger partial charge in [0.15, 0.2) is 0 Å². The number of nitrogens with zero attached hydrogens (tertiary/aromatic N) is 2. The van der Waals surface area contributed by atoms with Crippen molar-refractivity contribution in [1.82, 2.24) is 10.2 Å². The molecule has 0 aliphatic carbocycles. The van der Waals surface area contributed by atoms with Crippen molar-refractivity contribution in [3.8, 4) is 0 Å². The number of amides is 2. The highest BCUT2D eigenvalue weighted by atomic mass is 127. The van der Waals surface area contributed by atoms with Crippen LogP contribution in [0.3, 0.4) is 0 Å². The Morgan fingerprint density at radius 3 is 2.16 bits per heavy atom. The molecule has 0 aliphatic rings. The van der Waals surface area contributed by atoms with E-state index in [4.69, 9.17) is 23.2 Å². The van der Waals surface area contributed by atoms with Crippen molar-refractivity contribution in [2.75, 3.05) is 17.4 Å². The summed E-state index contributed by atoms with van der Waals surface area (Å²) in [5.41, 5.74) is 1.74. The Bertz CT molecular complexity index is 1690. The van der Waals surface area contributed by atoms with Crippen LogP contribution < -0.4 is 9.62 Å². The van der Waals surface area contributed by atoms with E-state index in [1.807, 2.05) is 37.3 Å². The summed E-state index contributed by atoms with van der Waals surface area (Å²) < 4.78 is 30.1. The van der Waals surface area contributed by atoms with Crippen LogP contribution in [0.1, 0.15) is 30.9 Å². The number of carbonyl (C=O) groups excluding carboxylic acids is 2. The van der Waals surface area contributed by atoms with Gasteiger partial charge in [0, 0.05) is 33.1 Å². The van der Waals surface area contributed by atoms with Gasteiger partial charge < -0.3 is 10.2 Å². The monoisotopic (exact) mass is 777 g/mol. The molecule has 0 aliphatic heterocycles. The highest BCUT2D eigenvalue weighted by molar-refractivity contribution is 14.1. The number of halogens is 3. The van der Waals surface area contributed by atoms with Gasteiger partial charge in [0.1, 0.15) is 12.6 Å². The maximum absolute atomic E-state index is 14.5. The van der Waals surface area contributed by atoms with E-state index in [2.05, 4.69) is 27.9 Å². The number of carbonyl (C=O) groups is 2. The first-order chi connectivity index (χ1) is 21.6. The molecule has 0 radical (unpaired) electrons.